The smallest absolute Gasteiger partial charge is 0.252 e. The number of amides is 2. The molecule has 4 saturated carbocycles. The Kier molecular flexibility index (Phi) is 4.33. The summed E-state index contributed by atoms with van der Waals surface area (Å²) in [6.07, 6.45) is 9.75. The van der Waals surface area contributed by atoms with Gasteiger partial charge in [0.25, 0.3) is 5.78 Å². The van der Waals surface area contributed by atoms with E-state index in [1.807, 2.05) is 13.8 Å². The fourth-order valence-electron chi connectivity index (χ4n) is 6.65. The third-order valence-electron chi connectivity index (χ3n) is 7.37. The highest BCUT2D eigenvalue weighted by Crippen LogP contribution is 2.61. The molecule has 0 unspecified atom stereocenters. The molecule has 2 amide bonds. The van der Waals surface area contributed by atoms with Crippen LogP contribution >= 0.6 is 0 Å². The fourth-order valence-corrected chi connectivity index (χ4v) is 6.65. The van der Waals surface area contributed by atoms with Gasteiger partial charge in [-0.2, -0.15) is 10.1 Å². The molecule has 29 heavy (non-hydrogen) atoms. The van der Waals surface area contributed by atoms with Crippen LogP contribution in [0.5, 0.6) is 0 Å². The molecule has 2 aromatic rings. The summed E-state index contributed by atoms with van der Waals surface area (Å²) in [4.78, 5) is 33.5. The number of nitrogens with one attached hydrogen (secondary N) is 2. The van der Waals surface area contributed by atoms with E-state index < -0.39 is 0 Å². The SMILES string of the molecule is Cc1nc2ncnn2c(C)c1CC(=O)NNC(=O)CC12CC3CC(CC(C3)C1)C2. The zero-order chi connectivity index (χ0) is 20.2. The highest BCUT2D eigenvalue weighted by molar-refractivity contribution is 5.83. The predicted molar refractivity (Wildman–Crippen MR) is 105 cm³/mol. The molecule has 4 fully saturated rings. The monoisotopic (exact) mass is 396 g/mol. The standard InChI is InChI=1S/C21H28N6O2/c1-12-17(13(2)27-20(24-12)22-11-23-27)6-18(28)25-26-19(29)10-21-7-14-3-15(8-21)5-16(4-14)9-21/h11,14-16H,3-10H2,1-2H3,(H,25,28)(H,26,29). The average molecular weight is 396 g/mol. The quantitative estimate of drug-likeness (QED) is 0.770. The molecule has 0 aliphatic heterocycles. The molecule has 8 heteroatoms. The minimum Gasteiger partial charge on any atom is -0.273 e. The Hall–Kier alpha value is -2.51. The molecule has 8 nitrogen and oxygen atoms in total. The summed E-state index contributed by atoms with van der Waals surface area (Å²) in [6.45, 7) is 3.75. The molecule has 0 atom stereocenters. The van der Waals surface area contributed by atoms with E-state index >= 15 is 0 Å². The fraction of sp³-hybridized carbons (Fsp3) is 0.667. The topological polar surface area (TPSA) is 101 Å². The number of aryl methyl sites for hydroxylation is 2. The van der Waals surface area contributed by atoms with Gasteiger partial charge in [-0.05, 0) is 75.5 Å². The van der Waals surface area contributed by atoms with Crippen LogP contribution in [0.3, 0.4) is 0 Å². The maximum absolute atomic E-state index is 12.6. The summed E-state index contributed by atoms with van der Waals surface area (Å²) in [5.41, 5.74) is 7.80. The van der Waals surface area contributed by atoms with Crippen LogP contribution in [-0.4, -0.2) is 31.4 Å². The number of carbonyl (C=O) groups excluding carboxylic acids is 2. The number of nitrogens with zero attached hydrogens (tertiary/aromatic N) is 4. The molecule has 2 heterocycles. The molecule has 0 aromatic carbocycles. The highest BCUT2D eigenvalue weighted by atomic mass is 16.2. The number of aromatic nitrogens is 4. The number of hydrogen-bond donors (Lipinski definition) is 2. The lowest BCUT2D eigenvalue weighted by molar-refractivity contribution is -0.134. The van der Waals surface area contributed by atoms with E-state index in [1.165, 1.54) is 44.9 Å². The van der Waals surface area contributed by atoms with Crippen molar-refractivity contribution in [2.24, 2.45) is 23.2 Å². The lowest BCUT2D eigenvalue weighted by Gasteiger charge is -2.56. The van der Waals surface area contributed by atoms with E-state index in [1.54, 1.807) is 4.52 Å². The van der Waals surface area contributed by atoms with E-state index in [0.29, 0.717) is 12.2 Å². The van der Waals surface area contributed by atoms with Crippen molar-refractivity contribution >= 4 is 17.6 Å². The number of hydrazine groups is 1. The lowest BCUT2D eigenvalue weighted by Crippen LogP contribution is -2.50. The zero-order valence-electron chi connectivity index (χ0n) is 17.1. The van der Waals surface area contributed by atoms with Crippen LogP contribution in [0.15, 0.2) is 6.33 Å². The third kappa shape index (κ3) is 3.38. The maximum atomic E-state index is 12.6. The molecule has 4 aliphatic rings. The van der Waals surface area contributed by atoms with Gasteiger partial charge in [-0.1, -0.05) is 0 Å². The van der Waals surface area contributed by atoms with E-state index in [4.69, 9.17) is 0 Å². The third-order valence-corrected chi connectivity index (χ3v) is 7.37. The molecule has 0 saturated heterocycles. The first-order valence-electron chi connectivity index (χ1n) is 10.6. The van der Waals surface area contributed by atoms with E-state index in [0.717, 1.165) is 34.7 Å². The van der Waals surface area contributed by atoms with Gasteiger partial charge in [0, 0.05) is 23.4 Å². The van der Waals surface area contributed by atoms with E-state index in [9.17, 15) is 9.59 Å². The van der Waals surface area contributed by atoms with Gasteiger partial charge in [0.1, 0.15) is 6.33 Å². The van der Waals surface area contributed by atoms with E-state index in [2.05, 4.69) is 25.9 Å². The van der Waals surface area contributed by atoms with Crippen molar-refractivity contribution in [3.8, 4) is 0 Å². The highest BCUT2D eigenvalue weighted by Gasteiger charge is 2.51. The molecule has 2 aromatic heterocycles. The zero-order valence-corrected chi connectivity index (χ0v) is 17.1. The second kappa shape index (κ2) is 6.78. The largest absolute Gasteiger partial charge is 0.273 e. The molecular formula is C21H28N6O2. The van der Waals surface area contributed by atoms with E-state index in [-0.39, 0.29) is 23.7 Å². The Labute approximate surface area is 169 Å². The number of carbonyl (C=O) groups is 2. The molecule has 0 radical (unpaired) electrons. The summed E-state index contributed by atoms with van der Waals surface area (Å²) < 4.78 is 1.63. The molecule has 4 bridgehead atoms. The van der Waals surface area contributed by atoms with Gasteiger partial charge in [0.15, 0.2) is 0 Å². The second-order valence-corrected chi connectivity index (χ2v) is 9.60. The van der Waals surface area contributed by atoms with Gasteiger partial charge in [-0.25, -0.2) is 9.50 Å². The summed E-state index contributed by atoms with van der Waals surface area (Å²) in [6, 6.07) is 0. The Morgan fingerprint density at radius 1 is 1.07 bits per heavy atom. The Morgan fingerprint density at radius 3 is 2.34 bits per heavy atom. The van der Waals surface area contributed by atoms with Crippen LogP contribution in [0.2, 0.25) is 0 Å². The molecule has 0 spiro atoms. The van der Waals surface area contributed by atoms with Gasteiger partial charge in [0.05, 0.1) is 6.42 Å². The summed E-state index contributed by atoms with van der Waals surface area (Å²) in [5, 5.41) is 4.15. The maximum Gasteiger partial charge on any atom is 0.252 e. The van der Waals surface area contributed by atoms with Crippen LogP contribution in [0.25, 0.3) is 5.78 Å². The van der Waals surface area contributed by atoms with Crippen molar-refractivity contribution in [3.63, 3.8) is 0 Å². The van der Waals surface area contributed by atoms with Gasteiger partial charge >= 0.3 is 0 Å². The Balaban J connectivity index is 1.19. The first kappa shape index (κ1) is 18.5. The molecule has 154 valence electrons. The van der Waals surface area contributed by atoms with Gasteiger partial charge in [0.2, 0.25) is 11.8 Å². The first-order valence-corrected chi connectivity index (χ1v) is 10.6. The average Bonchev–Trinajstić information content (AvgIpc) is 3.10. The first-order chi connectivity index (χ1) is 13.9. The van der Waals surface area contributed by atoms with Crippen molar-refractivity contribution in [2.75, 3.05) is 0 Å². The Bertz CT molecular complexity index is 946. The van der Waals surface area contributed by atoms with Crippen molar-refractivity contribution in [1.29, 1.82) is 0 Å². The Morgan fingerprint density at radius 2 is 1.69 bits per heavy atom. The van der Waals surface area contributed by atoms with Crippen LogP contribution in [-0.2, 0) is 16.0 Å². The van der Waals surface area contributed by atoms with Crippen molar-refractivity contribution in [3.05, 3.63) is 23.3 Å². The lowest BCUT2D eigenvalue weighted by atomic mass is 9.49. The predicted octanol–water partition coefficient (Wildman–Crippen LogP) is 2.04. The summed E-state index contributed by atoms with van der Waals surface area (Å²) in [7, 11) is 0. The van der Waals surface area contributed by atoms with Crippen molar-refractivity contribution < 1.29 is 9.59 Å². The van der Waals surface area contributed by atoms with Crippen molar-refractivity contribution in [2.45, 2.75) is 65.2 Å². The normalized spacial score (nSPS) is 29.9. The van der Waals surface area contributed by atoms with Crippen LogP contribution in [0.1, 0.15) is 61.9 Å². The van der Waals surface area contributed by atoms with Gasteiger partial charge < -0.3 is 0 Å². The summed E-state index contributed by atoms with van der Waals surface area (Å²) >= 11 is 0. The molecule has 2 N–H and O–H groups in total. The molecule has 4 aliphatic carbocycles. The van der Waals surface area contributed by atoms with Gasteiger partial charge in [-0.15, -0.1) is 0 Å². The van der Waals surface area contributed by atoms with Crippen LogP contribution in [0.4, 0.5) is 0 Å². The number of hydrogen-bond acceptors (Lipinski definition) is 5. The molecule has 6 rings (SSSR count). The minimum atomic E-state index is -0.253. The van der Waals surface area contributed by atoms with Crippen LogP contribution < -0.4 is 10.9 Å². The van der Waals surface area contributed by atoms with Crippen LogP contribution in [0, 0.1) is 37.0 Å². The molecular weight excluding hydrogens is 368 g/mol. The number of fused-ring (bicyclic) bond motifs is 1. The number of rotatable bonds is 4. The van der Waals surface area contributed by atoms with Gasteiger partial charge in [-0.3, -0.25) is 20.4 Å². The summed E-state index contributed by atoms with van der Waals surface area (Å²) in [5.74, 6) is 2.64. The minimum absolute atomic E-state index is 0.0707. The van der Waals surface area contributed by atoms with Crippen molar-refractivity contribution in [1.82, 2.24) is 30.4 Å². The second-order valence-electron chi connectivity index (χ2n) is 9.60.